The number of halogens is 1. The van der Waals surface area contributed by atoms with Gasteiger partial charge in [-0.1, -0.05) is 22.9 Å². The average molecular weight is 666 g/mol. The molecule has 2 saturated heterocycles. The maximum absolute atomic E-state index is 14.4. The van der Waals surface area contributed by atoms with Crippen LogP contribution in [0.4, 0.5) is 11.4 Å². The first-order valence-electron chi connectivity index (χ1n) is 14.8. The summed E-state index contributed by atoms with van der Waals surface area (Å²) in [4.78, 5) is 73.4. The fourth-order valence-corrected chi connectivity index (χ4v) is 9.07. The molecule has 0 aromatic heterocycles. The Balaban J connectivity index is 1.51. The number of hydrogen-bond acceptors (Lipinski definition) is 8. The van der Waals surface area contributed by atoms with E-state index in [1.54, 1.807) is 69.3 Å². The predicted molar refractivity (Wildman–Crippen MR) is 163 cm³/mol. The molecule has 0 unspecified atom stereocenters. The van der Waals surface area contributed by atoms with Gasteiger partial charge in [0.25, 0.3) is 0 Å². The standard InChI is InChI=1S/C33H33BrN2O8/c1-6-42-20-13-9-18(10-14-20)35-27(37)23-25(29(35)39)33(34)17(4)22(31(41)44-8-3)32(23,5)24-26(33)30(40)36(28(24)38)19-11-15-21(16-12-19)43-7-2/h9-16,23-26H,6-8H2,1-5H3/t23-,24-,25+,26+,32?,33?/m1/s1. The van der Waals surface area contributed by atoms with Crippen molar-refractivity contribution in [2.24, 2.45) is 29.1 Å². The summed E-state index contributed by atoms with van der Waals surface area (Å²) in [6, 6.07) is 13.2. The summed E-state index contributed by atoms with van der Waals surface area (Å²) < 4.78 is 15.0. The summed E-state index contributed by atoms with van der Waals surface area (Å²) in [6.45, 7) is 9.69. The van der Waals surface area contributed by atoms with E-state index in [9.17, 15) is 24.0 Å². The number of benzene rings is 2. The summed E-state index contributed by atoms with van der Waals surface area (Å²) in [5.41, 5.74) is -0.258. The van der Waals surface area contributed by atoms with Crippen LogP contribution in [0.5, 0.6) is 11.5 Å². The summed E-state index contributed by atoms with van der Waals surface area (Å²) in [5.74, 6) is -5.92. The minimum Gasteiger partial charge on any atom is -0.494 e. The second-order valence-electron chi connectivity index (χ2n) is 11.6. The van der Waals surface area contributed by atoms with E-state index in [0.29, 0.717) is 41.7 Å². The van der Waals surface area contributed by atoms with Crippen molar-refractivity contribution in [1.82, 2.24) is 0 Å². The van der Waals surface area contributed by atoms with Crippen molar-refractivity contribution >= 4 is 56.9 Å². The number of esters is 1. The molecule has 2 heterocycles. The highest BCUT2D eigenvalue weighted by Crippen LogP contribution is 2.72. The summed E-state index contributed by atoms with van der Waals surface area (Å²) in [7, 11) is 0. The Morgan fingerprint density at radius 3 is 1.45 bits per heavy atom. The number of amides is 4. The highest BCUT2D eigenvalue weighted by Gasteiger charge is 2.81. The molecule has 11 heteroatoms. The van der Waals surface area contributed by atoms with E-state index in [2.05, 4.69) is 15.9 Å². The van der Waals surface area contributed by atoms with Crippen LogP contribution in [0.1, 0.15) is 34.6 Å². The van der Waals surface area contributed by atoms with Gasteiger partial charge in [-0.15, -0.1) is 0 Å². The Labute approximate surface area is 263 Å². The van der Waals surface area contributed by atoms with Crippen molar-refractivity contribution in [3.63, 3.8) is 0 Å². The normalized spacial score (nSPS) is 30.6. The van der Waals surface area contributed by atoms with Crippen LogP contribution < -0.4 is 19.3 Å². The van der Waals surface area contributed by atoms with E-state index in [1.807, 2.05) is 13.8 Å². The van der Waals surface area contributed by atoms with Crippen LogP contribution >= 0.6 is 15.9 Å². The first-order valence-corrected chi connectivity index (χ1v) is 15.6. The van der Waals surface area contributed by atoms with E-state index < -0.39 is 63.0 Å². The third-order valence-electron chi connectivity index (χ3n) is 9.59. The highest BCUT2D eigenvalue weighted by molar-refractivity contribution is 9.10. The quantitative estimate of drug-likeness (QED) is 0.231. The molecular weight excluding hydrogens is 632 g/mol. The van der Waals surface area contributed by atoms with Crippen LogP contribution in [0.3, 0.4) is 0 Å². The number of anilines is 2. The van der Waals surface area contributed by atoms with E-state index in [-0.39, 0.29) is 12.2 Å². The average Bonchev–Trinajstić information content (AvgIpc) is 3.43. The van der Waals surface area contributed by atoms with Gasteiger partial charge < -0.3 is 14.2 Å². The van der Waals surface area contributed by atoms with Crippen molar-refractivity contribution in [1.29, 1.82) is 0 Å². The molecule has 230 valence electrons. The number of nitrogens with zero attached hydrogens (tertiary/aromatic N) is 2. The number of carbonyl (C=O) groups is 5. The van der Waals surface area contributed by atoms with E-state index in [1.165, 1.54) is 0 Å². The maximum Gasteiger partial charge on any atom is 0.334 e. The van der Waals surface area contributed by atoms with Crippen LogP contribution in [0.15, 0.2) is 59.7 Å². The number of allylic oxidation sites excluding steroid dienone is 1. The Morgan fingerprint density at radius 1 is 0.705 bits per heavy atom. The topological polar surface area (TPSA) is 120 Å². The fraction of sp³-hybridized carbons (Fsp3) is 0.424. The SMILES string of the molecule is CCOC(=O)C1=C(C)C2(Br)[C@@H]3C(=O)N(c4ccc(OCC)cc4)C(=O)[C@@H]3C1(C)[C@H]1C(=O)N(c3ccc(OCC)cc3)C(=O)[C@H]12. The molecule has 5 aliphatic rings. The van der Waals surface area contributed by atoms with Crippen LogP contribution in [-0.2, 0) is 28.7 Å². The van der Waals surface area contributed by atoms with Crippen LogP contribution in [0, 0.1) is 29.1 Å². The predicted octanol–water partition coefficient (Wildman–Crippen LogP) is 4.44. The first kappa shape index (κ1) is 30.1. The minimum absolute atomic E-state index is 0.0690. The van der Waals surface area contributed by atoms with Gasteiger partial charge in [0.2, 0.25) is 23.6 Å². The molecule has 2 aromatic carbocycles. The molecular formula is C33H33BrN2O8. The lowest BCUT2D eigenvalue weighted by molar-refractivity contribution is -0.152. The van der Waals surface area contributed by atoms with Crippen molar-refractivity contribution in [2.45, 2.75) is 38.9 Å². The summed E-state index contributed by atoms with van der Waals surface area (Å²) >= 11 is 3.79. The zero-order valence-electron chi connectivity index (χ0n) is 25.1. The first-order chi connectivity index (χ1) is 21.0. The largest absolute Gasteiger partial charge is 0.494 e. The van der Waals surface area contributed by atoms with Gasteiger partial charge >= 0.3 is 5.97 Å². The monoisotopic (exact) mass is 664 g/mol. The van der Waals surface area contributed by atoms with Gasteiger partial charge in [-0.25, -0.2) is 14.6 Å². The summed E-state index contributed by atoms with van der Waals surface area (Å²) in [5, 5.41) is 0. The van der Waals surface area contributed by atoms with Crippen molar-refractivity contribution in [3.05, 3.63) is 59.7 Å². The summed E-state index contributed by atoms with van der Waals surface area (Å²) in [6.07, 6.45) is 0. The van der Waals surface area contributed by atoms with Gasteiger partial charge in [0, 0.05) is 11.0 Å². The molecule has 2 aliphatic heterocycles. The zero-order chi connectivity index (χ0) is 31.7. The van der Waals surface area contributed by atoms with Gasteiger partial charge in [0.15, 0.2) is 0 Å². The smallest absolute Gasteiger partial charge is 0.334 e. The third kappa shape index (κ3) is 3.80. The second-order valence-corrected chi connectivity index (χ2v) is 12.9. The van der Waals surface area contributed by atoms with Crippen LogP contribution in [0.25, 0.3) is 0 Å². The molecule has 0 N–H and O–H groups in total. The van der Waals surface area contributed by atoms with Gasteiger partial charge in [-0.05, 0) is 81.8 Å². The van der Waals surface area contributed by atoms with E-state index >= 15 is 0 Å². The lowest BCUT2D eigenvalue weighted by Gasteiger charge is -2.59. The maximum atomic E-state index is 14.4. The molecule has 0 radical (unpaired) electrons. The molecule has 4 amide bonds. The third-order valence-corrected chi connectivity index (χ3v) is 11.2. The number of hydrogen-bond donors (Lipinski definition) is 0. The number of rotatable bonds is 8. The molecule has 1 saturated carbocycles. The van der Waals surface area contributed by atoms with Crippen molar-refractivity contribution in [2.75, 3.05) is 29.6 Å². The Bertz CT molecular complexity index is 1520. The van der Waals surface area contributed by atoms with Gasteiger partial charge in [-0.2, -0.15) is 0 Å². The molecule has 3 aliphatic carbocycles. The Hall–Kier alpha value is -3.99. The van der Waals surface area contributed by atoms with Crippen LogP contribution in [-0.4, -0.2) is 53.7 Å². The zero-order valence-corrected chi connectivity index (χ0v) is 26.7. The van der Waals surface area contributed by atoms with Crippen molar-refractivity contribution in [3.8, 4) is 11.5 Å². The number of imide groups is 2. The van der Waals surface area contributed by atoms with E-state index in [4.69, 9.17) is 14.2 Å². The Kier molecular flexibility index (Phi) is 7.22. The van der Waals surface area contributed by atoms with Crippen LogP contribution in [0.2, 0.25) is 0 Å². The lowest BCUT2D eigenvalue weighted by atomic mass is 9.43. The molecule has 3 fully saturated rings. The molecule has 44 heavy (non-hydrogen) atoms. The molecule has 2 bridgehead atoms. The number of ether oxygens (including phenoxy) is 3. The van der Waals surface area contributed by atoms with Crippen molar-refractivity contribution < 1.29 is 38.2 Å². The van der Waals surface area contributed by atoms with E-state index in [0.717, 1.165) is 9.80 Å². The van der Waals surface area contributed by atoms with Gasteiger partial charge in [0.05, 0.1) is 59.2 Å². The van der Waals surface area contributed by atoms with Gasteiger partial charge in [0.1, 0.15) is 11.5 Å². The molecule has 4 atom stereocenters. The molecule has 2 aromatic rings. The molecule has 7 rings (SSSR count). The number of alkyl halides is 1. The second kappa shape index (κ2) is 10.6. The Morgan fingerprint density at radius 2 is 1.09 bits per heavy atom. The highest BCUT2D eigenvalue weighted by atomic mass is 79.9. The fourth-order valence-electron chi connectivity index (χ4n) is 7.96. The number of carbonyl (C=O) groups excluding carboxylic acids is 5. The molecule has 10 nitrogen and oxygen atoms in total. The minimum atomic E-state index is -1.51. The molecule has 0 spiro atoms. The lowest BCUT2D eigenvalue weighted by Crippen LogP contribution is -2.67. The van der Waals surface area contributed by atoms with Gasteiger partial charge in [-0.3, -0.25) is 19.2 Å².